The average Bonchev–Trinajstić information content (AvgIpc) is 1.18. The lowest BCUT2D eigenvalue weighted by molar-refractivity contribution is -0.139. The molecular formula is C105H115N5O12. The molecule has 4 heterocycles. The van der Waals surface area contributed by atoms with Crippen molar-refractivity contribution in [1.29, 1.82) is 0 Å². The van der Waals surface area contributed by atoms with Crippen LogP contribution in [0.15, 0.2) is 182 Å². The van der Waals surface area contributed by atoms with E-state index in [2.05, 4.69) is 88.4 Å². The van der Waals surface area contributed by atoms with E-state index in [4.69, 9.17) is 28.4 Å². The molecule has 2 saturated heterocycles. The lowest BCUT2D eigenvalue weighted by atomic mass is 9.80. The van der Waals surface area contributed by atoms with Gasteiger partial charge in [0.25, 0.3) is 23.6 Å². The Morgan fingerprint density at radius 3 is 1.03 bits per heavy atom. The van der Waals surface area contributed by atoms with Crippen LogP contribution in [0.2, 0.25) is 0 Å². The zero-order valence-electron chi connectivity index (χ0n) is 73.1. The third-order valence-corrected chi connectivity index (χ3v) is 26.4. The minimum atomic E-state index is -1.35. The average molecular weight is 1640 g/mol. The SMILES string of the molecule is CCN(C(=O)C(Cc1ccccc1)N1C(=O)c2cc(Oc3ccc(C(C)(C)C)cc3)c3c4c(Oc5ccc(C(C)(C)C)cc5)cc5c6c(cc(Oc7ccc(C(C)(C)C)cc7)c(c7c(Oc8ccc(C(C)(C)C)cc8)cc(c2c37)C1=O)c64)C(=O)N(C(Cc1ccccc1)C(=O)N(CC)C1CCCC(NCC2CO2)C1)C5=O)C1CCCC(CCC2CO2)C1. The largest absolute Gasteiger partial charge is 0.457 e. The normalized spacial score (nSPS) is 19.8. The highest BCUT2D eigenvalue weighted by Crippen LogP contribution is 2.59. The second-order valence-electron chi connectivity index (χ2n) is 38.9. The first-order valence-corrected chi connectivity index (χ1v) is 44.3. The fourth-order valence-electron chi connectivity index (χ4n) is 19.4. The molecule has 17 nitrogen and oxygen atoms in total. The Hall–Kier alpha value is -11.0. The molecule has 11 aromatic carbocycles. The molecule has 0 radical (unpaired) electrons. The van der Waals surface area contributed by atoms with Gasteiger partial charge in [-0.1, -0.05) is 205 Å². The van der Waals surface area contributed by atoms with Gasteiger partial charge in [-0.2, -0.15) is 0 Å². The first-order valence-electron chi connectivity index (χ1n) is 44.3. The van der Waals surface area contributed by atoms with Crippen molar-refractivity contribution in [3.05, 3.63) is 238 Å². The number of likely N-dealkylation sites (N-methyl/N-ethyl adjacent to an activating group) is 2. The standard InChI is InChI=1S/C105H115N5O12/c1-15-107(70-31-23-29-64(51-70)33-42-76-60-117-76)100(115)82(52-62-25-19-17-20-26-62)109-96(111)78-55-84(119-72-43-34-65(35-44-72)102(3,4)5)90-92-86(121-74-47-38-67(39-48-74)104(9,10)11)57-80-89-81(99(114)110(98(80)113)83(53-63-27-21-18-22-28-63)101(116)108(16-2)71-32-24-30-69(54-71)106-59-77-61-118-77)58-87(122-75-49-40-68(41-50-75)105(12,13)14)93(95(89)92)91-85(56-79(97(109)112)88(78)94(90)91)120-73-45-36-66(37-46-73)103(6,7)8/h17-22,25-28,34-41,43-50,55-58,64,69-71,76-77,82-83,106H,15-16,23-24,29-33,42,51-54,59-61H2,1-14H3. The van der Waals surface area contributed by atoms with E-state index in [0.717, 1.165) is 111 Å². The molecule has 1 N–H and O–H groups in total. The van der Waals surface area contributed by atoms with Gasteiger partial charge in [0.05, 0.1) is 47.7 Å². The smallest absolute Gasteiger partial charge is 0.262 e. The number of hydrogen-bond acceptors (Lipinski definition) is 13. The summed E-state index contributed by atoms with van der Waals surface area (Å²) in [4.78, 5) is 108. The molecule has 0 spiro atoms. The van der Waals surface area contributed by atoms with Gasteiger partial charge >= 0.3 is 0 Å². The molecule has 4 aliphatic heterocycles. The van der Waals surface area contributed by atoms with E-state index in [9.17, 15) is 0 Å². The third kappa shape index (κ3) is 16.6. The number of rotatable bonds is 26. The summed E-state index contributed by atoms with van der Waals surface area (Å²) in [6.07, 6.45) is 9.20. The fraction of sp³-hybridized carbons (Fsp3) is 0.410. The summed E-state index contributed by atoms with van der Waals surface area (Å²) in [7, 11) is 0. The van der Waals surface area contributed by atoms with Gasteiger partial charge in [0, 0.05) is 93.7 Å². The maximum atomic E-state index is 17.2. The van der Waals surface area contributed by atoms with Gasteiger partial charge in [0.15, 0.2) is 0 Å². The Labute approximate surface area is 717 Å². The molecule has 2 aliphatic carbocycles. The molecule has 6 aliphatic rings. The van der Waals surface area contributed by atoms with Crippen molar-refractivity contribution in [2.45, 2.75) is 238 Å². The topological polar surface area (TPSA) is 189 Å². The van der Waals surface area contributed by atoms with Crippen molar-refractivity contribution in [2.75, 3.05) is 32.8 Å². The van der Waals surface area contributed by atoms with Crippen molar-refractivity contribution >= 4 is 78.5 Å². The van der Waals surface area contributed by atoms with E-state index in [1.54, 1.807) is 24.3 Å². The number of carbonyl (C=O) groups is 6. The zero-order valence-corrected chi connectivity index (χ0v) is 73.1. The summed E-state index contributed by atoms with van der Waals surface area (Å²) in [5.41, 5.74) is 4.91. The Morgan fingerprint density at radius 1 is 0.402 bits per heavy atom. The summed E-state index contributed by atoms with van der Waals surface area (Å²) in [5.74, 6) is -0.996. The van der Waals surface area contributed by atoms with Crippen LogP contribution in [0.1, 0.15) is 236 Å². The summed E-state index contributed by atoms with van der Waals surface area (Å²) in [6, 6.07) is 54.4. The predicted molar refractivity (Wildman–Crippen MR) is 481 cm³/mol. The maximum absolute atomic E-state index is 17.2. The van der Waals surface area contributed by atoms with Crippen LogP contribution in [0.4, 0.5) is 0 Å². The minimum absolute atomic E-state index is 0.00221. The molecule has 11 aromatic rings. The van der Waals surface area contributed by atoms with Gasteiger partial charge in [0.2, 0.25) is 11.8 Å². The molecule has 632 valence electrons. The van der Waals surface area contributed by atoms with E-state index in [-0.39, 0.29) is 133 Å². The first kappa shape index (κ1) is 83.3. The molecule has 4 fully saturated rings. The van der Waals surface area contributed by atoms with Crippen molar-refractivity contribution in [1.82, 2.24) is 24.9 Å². The lowest BCUT2D eigenvalue weighted by Gasteiger charge is -2.41. The zero-order chi connectivity index (χ0) is 85.6. The van der Waals surface area contributed by atoms with Crippen molar-refractivity contribution in [2.24, 2.45) is 5.92 Å². The summed E-state index contributed by atoms with van der Waals surface area (Å²) >= 11 is 0. The minimum Gasteiger partial charge on any atom is -0.457 e. The van der Waals surface area contributed by atoms with Crippen LogP contribution >= 0.6 is 0 Å². The van der Waals surface area contributed by atoms with Gasteiger partial charge in [-0.3, -0.25) is 38.6 Å². The van der Waals surface area contributed by atoms with Crippen LogP contribution < -0.4 is 24.3 Å². The molecule has 17 rings (SSSR count). The van der Waals surface area contributed by atoms with Gasteiger partial charge in [-0.25, -0.2) is 0 Å². The van der Waals surface area contributed by atoms with E-state index in [1.807, 2.05) is 181 Å². The Bertz CT molecular complexity index is 5210. The summed E-state index contributed by atoms with van der Waals surface area (Å²) < 4.78 is 41.6. The summed E-state index contributed by atoms with van der Waals surface area (Å²) in [6.45, 7) is 32.6. The lowest BCUT2D eigenvalue weighted by Crippen LogP contribution is -2.58. The number of amides is 6. The number of hydrogen-bond donors (Lipinski definition) is 1. The van der Waals surface area contributed by atoms with Crippen LogP contribution in [-0.4, -0.2) is 130 Å². The third-order valence-electron chi connectivity index (χ3n) is 26.4. The van der Waals surface area contributed by atoms with Crippen molar-refractivity contribution < 1.29 is 57.2 Å². The van der Waals surface area contributed by atoms with E-state index in [1.165, 1.54) is 9.80 Å². The molecule has 6 amide bonds. The first-order chi connectivity index (χ1) is 58.4. The molecule has 8 unspecified atom stereocenters. The fourth-order valence-corrected chi connectivity index (χ4v) is 19.4. The van der Waals surface area contributed by atoms with Gasteiger partial charge < -0.3 is 43.5 Å². The monoisotopic (exact) mass is 1640 g/mol. The van der Waals surface area contributed by atoms with Gasteiger partial charge in [-0.05, 0) is 199 Å². The molecule has 0 bridgehead atoms. The van der Waals surface area contributed by atoms with Crippen LogP contribution in [0, 0.1) is 5.92 Å². The highest BCUT2D eigenvalue weighted by atomic mass is 16.6. The van der Waals surface area contributed by atoms with Crippen molar-refractivity contribution in [3.8, 4) is 46.0 Å². The van der Waals surface area contributed by atoms with Crippen molar-refractivity contribution in [3.63, 3.8) is 0 Å². The van der Waals surface area contributed by atoms with E-state index >= 15 is 28.8 Å². The van der Waals surface area contributed by atoms with Gasteiger partial charge in [-0.15, -0.1) is 0 Å². The number of ether oxygens (including phenoxy) is 6. The molecule has 8 atom stereocenters. The van der Waals surface area contributed by atoms with E-state index in [0.29, 0.717) is 80.7 Å². The molecular weight excluding hydrogens is 1520 g/mol. The number of carbonyl (C=O) groups excluding carboxylic acids is 6. The number of fused-ring (bicyclic) bond motifs is 2. The predicted octanol–water partition coefficient (Wildman–Crippen LogP) is 22.2. The number of epoxide rings is 2. The Kier molecular flexibility index (Phi) is 22.5. The maximum Gasteiger partial charge on any atom is 0.262 e. The highest BCUT2D eigenvalue weighted by Gasteiger charge is 2.49. The number of nitrogens with zero attached hydrogens (tertiary/aromatic N) is 4. The second-order valence-corrected chi connectivity index (χ2v) is 38.9. The van der Waals surface area contributed by atoms with Crippen LogP contribution in [0.25, 0.3) is 43.1 Å². The Balaban J connectivity index is 0.967. The van der Waals surface area contributed by atoms with Crippen LogP contribution in [-0.2, 0) is 53.6 Å². The highest BCUT2D eigenvalue weighted by molar-refractivity contribution is 6.45. The number of imide groups is 2. The van der Waals surface area contributed by atoms with Gasteiger partial charge in [0.1, 0.15) is 58.1 Å². The summed E-state index contributed by atoms with van der Waals surface area (Å²) in [5, 5.41) is 6.28. The molecule has 2 saturated carbocycles. The number of benzene rings is 11. The van der Waals surface area contributed by atoms with Crippen LogP contribution in [0.5, 0.6) is 46.0 Å². The molecule has 122 heavy (non-hydrogen) atoms. The number of nitrogens with one attached hydrogen (secondary N) is 1. The Morgan fingerprint density at radius 2 is 0.721 bits per heavy atom. The second kappa shape index (κ2) is 33.0. The quantitative estimate of drug-likeness (QED) is 0.0233. The molecule has 17 heteroatoms. The van der Waals surface area contributed by atoms with E-state index < -0.39 is 35.7 Å². The molecule has 0 aromatic heterocycles. The van der Waals surface area contributed by atoms with Crippen LogP contribution in [0.3, 0.4) is 0 Å².